The number of rotatable bonds is 8. The van der Waals surface area contributed by atoms with E-state index < -0.39 is 4.92 Å². The third-order valence-electron chi connectivity index (χ3n) is 7.39. The number of nitriles is 1. The maximum atomic E-state index is 13.4. The van der Waals surface area contributed by atoms with Gasteiger partial charge >= 0.3 is 6.09 Å². The van der Waals surface area contributed by atoms with Gasteiger partial charge in [0.2, 0.25) is 0 Å². The number of benzene rings is 3. The maximum absolute atomic E-state index is 13.4. The van der Waals surface area contributed by atoms with Crippen LogP contribution in [0.25, 0.3) is 0 Å². The SMILES string of the molecule is N#CCCN(Cc1ccccc1)C(=O)c1ccc(N2CCC(N3C(=O)OCc4ccccc43)CC2)c([N+](=O)[O-])c1. The number of nitro groups is 1. The topological polar surface area (TPSA) is 120 Å². The highest BCUT2D eigenvalue weighted by Gasteiger charge is 2.35. The largest absolute Gasteiger partial charge is 0.444 e. The normalized spacial score (nSPS) is 15.1. The average molecular weight is 540 g/mol. The van der Waals surface area contributed by atoms with Crippen LogP contribution in [-0.2, 0) is 17.9 Å². The van der Waals surface area contributed by atoms with Gasteiger partial charge in [-0.1, -0.05) is 48.5 Å². The second kappa shape index (κ2) is 11.9. The predicted molar refractivity (Wildman–Crippen MR) is 149 cm³/mol. The molecule has 1 fully saturated rings. The number of hydrogen-bond acceptors (Lipinski definition) is 7. The van der Waals surface area contributed by atoms with E-state index in [1.807, 2.05) is 59.5 Å². The van der Waals surface area contributed by atoms with Gasteiger partial charge in [-0.2, -0.15) is 5.26 Å². The van der Waals surface area contributed by atoms with Crippen molar-refractivity contribution < 1.29 is 19.2 Å². The maximum Gasteiger partial charge on any atom is 0.414 e. The molecule has 10 nitrogen and oxygen atoms in total. The molecule has 0 saturated carbocycles. The van der Waals surface area contributed by atoms with Gasteiger partial charge < -0.3 is 14.5 Å². The molecule has 0 radical (unpaired) electrons. The number of hydrogen-bond donors (Lipinski definition) is 0. The average Bonchev–Trinajstić information content (AvgIpc) is 2.99. The predicted octanol–water partition coefficient (Wildman–Crippen LogP) is 5.28. The van der Waals surface area contributed by atoms with E-state index in [4.69, 9.17) is 10.00 Å². The van der Waals surface area contributed by atoms with Crippen molar-refractivity contribution in [3.63, 3.8) is 0 Å². The van der Waals surface area contributed by atoms with E-state index in [9.17, 15) is 19.7 Å². The Morgan fingerprint density at radius 3 is 2.50 bits per heavy atom. The molecule has 0 spiro atoms. The highest BCUT2D eigenvalue weighted by Crippen LogP contribution is 2.35. The summed E-state index contributed by atoms with van der Waals surface area (Å²) in [5, 5.41) is 21.2. The monoisotopic (exact) mass is 539 g/mol. The van der Waals surface area contributed by atoms with Crippen molar-refractivity contribution in [2.75, 3.05) is 29.4 Å². The summed E-state index contributed by atoms with van der Waals surface area (Å²) in [5.41, 5.74) is 3.20. The van der Waals surface area contributed by atoms with Gasteiger partial charge in [0.05, 0.1) is 23.1 Å². The van der Waals surface area contributed by atoms with E-state index in [2.05, 4.69) is 6.07 Å². The van der Waals surface area contributed by atoms with E-state index in [0.717, 1.165) is 16.8 Å². The number of carbonyl (C=O) groups excluding carboxylic acids is 2. The Labute approximate surface area is 232 Å². The Morgan fingerprint density at radius 1 is 1.05 bits per heavy atom. The van der Waals surface area contributed by atoms with Gasteiger partial charge in [0.1, 0.15) is 12.3 Å². The van der Waals surface area contributed by atoms with Gasteiger partial charge in [0.15, 0.2) is 0 Å². The molecular weight excluding hydrogens is 510 g/mol. The van der Waals surface area contributed by atoms with Gasteiger partial charge in [0.25, 0.3) is 11.6 Å². The van der Waals surface area contributed by atoms with Gasteiger partial charge in [-0.05, 0) is 36.6 Å². The van der Waals surface area contributed by atoms with E-state index >= 15 is 0 Å². The van der Waals surface area contributed by atoms with Crippen LogP contribution in [0.2, 0.25) is 0 Å². The van der Waals surface area contributed by atoms with Crippen LogP contribution in [0.5, 0.6) is 0 Å². The number of cyclic esters (lactones) is 1. The zero-order chi connectivity index (χ0) is 28.1. The minimum absolute atomic E-state index is 0.0863. The van der Waals surface area contributed by atoms with Crippen molar-refractivity contribution >= 4 is 29.1 Å². The first kappa shape index (κ1) is 26.7. The summed E-state index contributed by atoms with van der Waals surface area (Å²) in [7, 11) is 0. The lowest BCUT2D eigenvalue weighted by atomic mass is 9.99. The molecule has 40 heavy (non-hydrogen) atoms. The smallest absolute Gasteiger partial charge is 0.414 e. The molecule has 0 bridgehead atoms. The zero-order valence-electron chi connectivity index (χ0n) is 21.9. The minimum atomic E-state index is -0.465. The second-order valence-corrected chi connectivity index (χ2v) is 9.85. The Morgan fingerprint density at radius 2 is 1.77 bits per heavy atom. The Bertz CT molecular complexity index is 1450. The van der Waals surface area contributed by atoms with Gasteiger partial charge in [0, 0.05) is 49.4 Å². The van der Waals surface area contributed by atoms with Crippen LogP contribution in [0.4, 0.5) is 21.9 Å². The first-order valence-corrected chi connectivity index (χ1v) is 13.2. The van der Waals surface area contributed by atoms with Gasteiger partial charge in [-0.15, -0.1) is 0 Å². The first-order chi connectivity index (χ1) is 19.5. The summed E-state index contributed by atoms with van der Waals surface area (Å²) in [4.78, 5) is 42.8. The van der Waals surface area contributed by atoms with Crippen molar-refractivity contribution in [2.24, 2.45) is 0 Å². The molecule has 2 amide bonds. The molecule has 2 aliphatic heterocycles. The van der Waals surface area contributed by atoms with E-state index in [1.54, 1.807) is 17.0 Å². The molecule has 204 valence electrons. The van der Waals surface area contributed by atoms with Crippen LogP contribution in [0.1, 0.15) is 40.7 Å². The summed E-state index contributed by atoms with van der Waals surface area (Å²) in [5.74, 6) is -0.366. The van der Waals surface area contributed by atoms with Crippen molar-refractivity contribution in [1.29, 1.82) is 5.26 Å². The molecule has 0 aromatic heterocycles. The van der Waals surface area contributed by atoms with Crippen LogP contribution in [-0.4, -0.2) is 47.5 Å². The lowest BCUT2D eigenvalue weighted by Gasteiger charge is -2.40. The zero-order valence-corrected chi connectivity index (χ0v) is 21.9. The van der Waals surface area contributed by atoms with Crippen molar-refractivity contribution in [3.8, 4) is 6.07 Å². The van der Waals surface area contributed by atoms with Crippen LogP contribution < -0.4 is 9.80 Å². The summed E-state index contributed by atoms with van der Waals surface area (Å²) in [6.45, 7) is 1.78. The van der Waals surface area contributed by atoms with Crippen molar-refractivity contribution in [2.45, 2.75) is 38.5 Å². The molecule has 0 aliphatic carbocycles. The summed E-state index contributed by atoms with van der Waals surface area (Å²) in [6.07, 6.45) is 1.01. The summed E-state index contributed by atoms with van der Waals surface area (Å²) in [6, 6.07) is 23.6. The molecule has 0 atom stereocenters. The molecule has 10 heteroatoms. The fourth-order valence-electron chi connectivity index (χ4n) is 5.38. The van der Waals surface area contributed by atoms with E-state index in [0.29, 0.717) is 38.2 Å². The summed E-state index contributed by atoms with van der Waals surface area (Å²) < 4.78 is 5.38. The third kappa shape index (κ3) is 5.59. The molecule has 1 saturated heterocycles. The highest BCUT2D eigenvalue weighted by molar-refractivity contribution is 5.96. The van der Waals surface area contributed by atoms with Gasteiger partial charge in [-0.25, -0.2) is 4.79 Å². The molecule has 2 aliphatic rings. The number of piperidine rings is 1. The molecule has 0 N–H and O–H groups in total. The number of anilines is 2. The molecular formula is C30H29N5O5. The first-order valence-electron chi connectivity index (χ1n) is 13.2. The number of amides is 2. The fraction of sp³-hybridized carbons (Fsp3) is 0.300. The molecule has 2 heterocycles. The van der Waals surface area contributed by atoms with Gasteiger partial charge in [-0.3, -0.25) is 19.8 Å². The lowest BCUT2D eigenvalue weighted by Crippen LogP contribution is -2.49. The number of para-hydroxylation sites is 1. The minimum Gasteiger partial charge on any atom is -0.444 e. The molecule has 3 aromatic carbocycles. The van der Waals surface area contributed by atoms with Crippen molar-refractivity contribution in [3.05, 3.63) is 99.6 Å². The van der Waals surface area contributed by atoms with E-state index in [1.165, 1.54) is 11.0 Å². The number of ether oxygens (including phenoxy) is 1. The molecule has 5 rings (SSSR count). The number of nitro benzene ring substituents is 1. The Balaban J connectivity index is 1.33. The number of fused-ring (bicyclic) bond motifs is 1. The second-order valence-electron chi connectivity index (χ2n) is 9.85. The quantitative estimate of drug-likeness (QED) is 0.282. The number of nitrogens with zero attached hydrogens (tertiary/aromatic N) is 5. The Hall–Kier alpha value is -4.91. The molecule has 3 aromatic rings. The Kier molecular flexibility index (Phi) is 7.92. The van der Waals surface area contributed by atoms with Crippen molar-refractivity contribution in [1.82, 2.24) is 4.90 Å². The highest BCUT2D eigenvalue weighted by atomic mass is 16.6. The standard InChI is InChI=1S/C30H29N5O5/c31-15-6-16-33(20-22-7-2-1-3-8-22)29(36)23-11-12-27(28(19-23)35(38)39)32-17-13-25(14-18-32)34-26-10-5-4-9-24(26)21-40-30(34)37/h1-5,7-12,19,25H,6,13-14,16-18,20-21H2. The lowest BCUT2D eigenvalue weighted by molar-refractivity contribution is -0.384. The summed E-state index contributed by atoms with van der Waals surface area (Å²) >= 11 is 0. The third-order valence-corrected chi connectivity index (χ3v) is 7.39. The van der Waals surface area contributed by atoms with Crippen LogP contribution in [0, 0.1) is 21.4 Å². The molecule has 0 unspecified atom stereocenters. The van der Waals surface area contributed by atoms with Crippen LogP contribution in [0.3, 0.4) is 0 Å². The van der Waals surface area contributed by atoms with Crippen LogP contribution in [0.15, 0.2) is 72.8 Å². The van der Waals surface area contributed by atoms with Crippen LogP contribution >= 0.6 is 0 Å². The number of carbonyl (C=O) groups is 2. The van der Waals surface area contributed by atoms with E-state index in [-0.39, 0.29) is 48.9 Å². The fourth-order valence-corrected chi connectivity index (χ4v) is 5.38.